The van der Waals surface area contributed by atoms with Crippen molar-refractivity contribution in [1.82, 2.24) is 0 Å². The molecule has 258 valence electrons. The van der Waals surface area contributed by atoms with E-state index >= 15 is 0 Å². The van der Waals surface area contributed by atoms with Crippen molar-refractivity contribution in [3.05, 3.63) is 0 Å². The molecule has 0 saturated heterocycles. The Labute approximate surface area is 272 Å². The van der Waals surface area contributed by atoms with Gasteiger partial charge in [0.25, 0.3) is 0 Å². The van der Waals surface area contributed by atoms with E-state index < -0.39 is 0 Å². The Bertz CT molecular complexity index is 495. The fourth-order valence-corrected chi connectivity index (χ4v) is 7.19. The van der Waals surface area contributed by atoms with E-state index in [1.54, 1.807) is 19.3 Å². The first-order chi connectivity index (χ1) is 20.0. The maximum Gasteiger partial charge on any atom is -0.0357 e. The van der Waals surface area contributed by atoms with Crippen LogP contribution in [0.1, 0.15) is 214 Å². The van der Waals surface area contributed by atoms with E-state index in [-0.39, 0.29) is 0 Å². The first kappa shape index (κ1) is 46.4. The molecule has 2 aliphatic rings. The van der Waals surface area contributed by atoms with Crippen molar-refractivity contribution in [1.29, 1.82) is 0 Å². The summed E-state index contributed by atoms with van der Waals surface area (Å²) in [6.45, 7) is 36.1. The second-order valence-corrected chi connectivity index (χ2v) is 15.3. The Kier molecular flexibility index (Phi) is 34.3. The normalized spacial score (nSPS) is 23.1. The summed E-state index contributed by atoms with van der Waals surface area (Å²) in [6, 6.07) is 0. The lowest BCUT2D eigenvalue weighted by molar-refractivity contribution is 0.205. The molecule has 2 fully saturated rings. The zero-order valence-corrected chi connectivity index (χ0v) is 33.1. The Hall–Kier alpha value is 0. The van der Waals surface area contributed by atoms with Crippen LogP contribution in [0.5, 0.6) is 0 Å². The Balaban J connectivity index is -0.000000741. The molecule has 0 aliphatic heterocycles. The highest BCUT2D eigenvalue weighted by atomic mass is 14.4. The molecule has 0 nitrogen and oxygen atoms in total. The molecule has 0 heterocycles. The maximum atomic E-state index is 2.58. The van der Waals surface area contributed by atoms with Crippen LogP contribution in [0, 0.1) is 59.2 Å². The fraction of sp³-hybridized carbons (Fsp3) is 1.00. The standard InChI is InChI=1S/C25H48.C9H20.C4H10.2C2H6/c1-6-12-22(19(3)7-2)16-11-13-20(4)24-17-21(5)25(18-24)23-14-9-8-10-15-23;1-5-9(4)7-6-8(2)3;1-4(2)3;2*1-2/h19-25H,6-18H2,1-5H3;8-9H,5-7H2,1-4H3;4H,1-3H3;2*1-2H3. The van der Waals surface area contributed by atoms with Gasteiger partial charge in [0, 0.05) is 0 Å². The summed E-state index contributed by atoms with van der Waals surface area (Å²) >= 11 is 0. The third-order valence-electron chi connectivity index (χ3n) is 10.3. The van der Waals surface area contributed by atoms with E-state index in [2.05, 4.69) is 83.1 Å². The predicted octanol–water partition coefficient (Wildman–Crippen LogP) is 15.7. The molecular weight excluding hydrogens is 504 g/mol. The van der Waals surface area contributed by atoms with Crippen LogP contribution in [0.4, 0.5) is 0 Å². The molecule has 2 aliphatic carbocycles. The minimum absolute atomic E-state index is 0.833. The lowest BCUT2D eigenvalue weighted by Gasteiger charge is -2.30. The van der Waals surface area contributed by atoms with E-state index in [9.17, 15) is 0 Å². The van der Waals surface area contributed by atoms with Gasteiger partial charge in [0.15, 0.2) is 0 Å². The smallest absolute Gasteiger partial charge is 0.0357 e. The van der Waals surface area contributed by atoms with Crippen molar-refractivity contribution >= 4 is 0 Å². The largest absolute Gasteiger partial charge is 0.0683 e. The van der Waals surface area contributed by atoms with E-state index in [4.69, 9.17) is 0 Å². The van der Waals surface area contributed by atoms with Gasteiger partial charge in [-0.25, -0.2) is 0 Å². The van der Waals surface area contributed by atoms with Crippen molar-refractivity contribution in [2.24, 2.45) is 59.2 Å². The molecule has 0 radical (unpaired) electrons. The minimum Gasteiger partial charge on any atom is -0.0683 e. The van der Waals surface area contributed by atoms with Gasteiger partial charge in [0.2, 0.25) is 0 Å². The molecule has 0 amide bonds. The van der Waals surface area contributed by atoms with Crippen LogP contribution in [-0.2, 0) is 0 Å². The molecule has 0 aromatic carbocycles. The van der Waals surface area contributed by atoms with Gasteiger partial charge >= 0.3 is 0 Å². The minimum atomic E-state index is 0.833. The molecule has 0 aromatic heterocycles. The molecule has 0 heteroatoms. The van der Waals surface area contributed by atoms with Gasteiger partial charge in [-0.15, -0.1) is 0 Å². The van der Waals surface area contributed by atoms with Crippen LogP contribution >= 0.6 is 0 Å². The van der Waals surface area contributed by atoms with Crippen LogP contribution < -0.4 is 0 Å². The van der Waals surface area contributed by atoms with E-state index in [1.807, 2.05) is 27.7 Å². The first-order valence-corrected chi connectivity index (χ1v) is 20.0. The SMILES string of the molecule is CC.CC.CC(C)C.CCC(C)CCC(C)C.CCCC(CCCC(C)C1CC(C)C(C2CCCCC2)C1)C(C)CC. The monoisotopic (exact) mass is 595 g/mol. The molecule has 0 aromatic rings. The van der Waals surface area contributed by atoms with Crippen LogP contribution in [0.2, 0.25) is 0 Å². The van der Waals surface area contributed by atoms with Crippen LogP contribution in [-0.4, -0.2) is 0 Å². The molecule has 42 heavy (non-hydrogen) atoms. The van der Waals surface area contributed by atoms with Gasteiger partial charge in [0.05, 0.1) is 0 Å². The van der Waals surface area contributed by atoms with Crippen molar-refractivity contribution in [3.8, 4) is 0 Å². The summed E-state index contributed by atoms with van der Waals surface area (Å²) in [5.41, 5.74) is 0. The van der Waals surface area contributed by atoms with Gasteiger partial charge < -0.3 is 0 Å². The summed E-state index contributed by atoms with van der Waals surface area (Å²) in [4.78, 5) is 0. The van der Waals surface area contributed by atoms with Crippen molar-refractivity contribution in [2.45, 2.75) is 214 Å². The molecular formula is C42H90. The maximum absolute atomic E-state index is 2.58. The van der Waals surface area contributed by atoms with Gasteiger partial charge in [-0.3, -0.25) is 0 Å². The molecule has 7 atom stereocenters. The zero-order chi connectivity index (χ0) is 33.1. The Morgan fingerprint density at radius 1 is 0.619 bits per heavy atom. The number of rotatable bonds is 14. The highest BCUT2D eigenvalue weighted by Gasteiger charge is 2.38. The molecule has 0 spiro atoms. The summed E-state index contributed by atoms with van der Waals surface area (Å²) in [5, 5.41) is 0. The summed E-state index contributed by atoms with van der Waals surface area (Å²) in [6.07, 6.45) is 23.5. The van der Waals surface area contributed by atoms with E-state index in [0.717, 1.165) is 59.2 Å². The van der Waals surface area contributed by atoms with Crippen molar-refractivity contribution < 1.29 is 0 Å². The third-order valence-corrected chi connectivity index (χ3v) is 10.3. The van der Waals surface area contributed by atoms with Gasteiger partial charge in [0.1, 0.15) is 0 Å². The third kappa shape index (κ3) is 24.3. The van der Waals surface area contributed by atoms with Gasteiger partial charge in [-0.05, 0) is 72.0 Å². The molecule has 7 unspecified atom stereocenters. The van der Waals surface area contributed by atoms with Crippen LogP contribution in [0.3, 0.4) is 0 Å². The average molecular weight is 595 g/mol. The first-order valence-electron chi connectivity index (χ1n) is 20.0. The molecule has 2 rings (SSSR count). The average Bonchev–Trinajstić information content (AvgIpc) is 3.39. The highest BCUT2D eigenvalue weighted by molar-refractivity contribution is 4.88. The lowest BCUT2D eigenvalue weighted by atomic mass is 9.75. The summed E-state index contributed by atoms with van der Waals surface area (Å²) < 4.78 is 0. The second kappa shape index (κ2) is 31.0. The summed E-state index contributed by atoms with van der Waals surface area (Å²) in [7, 11) is 0. The Morgan fingerprint density at radius 3 is 1.62 bits per heavy atom. The van der Waals surface area contributed by atoms with E-state index in [0.29, 0.717) is 0 Å². The number of hydrogen-bond acceptors (Lipinski definition) is 0. The second-order valence-electron chi connectivity index (χ2n) is 15.3. The highest BCUT2D eigenvalue weighted by Crippen LogP contribution is 2.48. The fourth-order valence-electron chi connectivity index (χ4n) is 7.19. The van der Waals surface area contributed by atoms with Crippen LogP contribution in [0.15, 0.2) is 0 Å². The topological polar surface area (TPSA) is 0 Å². The summed E-state index contributed by atoms with van der Waals surface area (Å²) in [5.74, 6) is 9.73. The molecule has 0 bridgehead atoms. The zero-order valence-electron chi connectivity index (χ0n) is 33.1. The Morgan fingerprint density at radius 2 is 1.17 bits per heavy atom. The van der Waals surface area contributed by atoms with Crippen molar-refractivity contribution in [3.63, 3.8) is 0 Å². The van der Waals surface area contributed by atoms with Gasteiger partial charge in [-0.2, -0.15) is 0 Å². The van der Waals surface area contributed by atoms with Crippen molar-refractivity contribution in [2.75, 3.05) is 0 Å². The molecule has 0 N–H and O–H groups in total. The lowest BCUT2D eigenvalue weighted by Crippen LogP contribution is -2.20. The number of hydrogen-bond donors (Lipinski definition) is 0. The quantitative estimate of drug-likeness (QED) is 0.188. The van der Waals surface area contributed by atoms with E-state index in [1.165, 1.54) is 83.5 Å². The molecule has 2 saturated carbocycles. The van der Waals surface area contributed by atoms with Crippen LogP contribution in [0.25, 0.3) is 0 Å². The van der Waals surface area contributed by atoms with Gasteiger partial charge in [-0.1, -0.05) is 201 Å². The predicted molar refractivity (Wildman–Crippen MR) is 200 cm³/mol.